The fourth-order valence-corrected chi connectivity index (χ4v) is 4.20. The highest BCUT2D eigenvalue weighted by Gasteiger charge is 2.53. The third kappa shape index (κ3) is 3.30. The molecule has 2 saturated carbocycles. The van der Waals surface area contributed by atoms with E-state index < -0.39 is 0 Å². The van der Waals surface area contributed by atoms with Crippen molar-refractivity contribution in [3.63, 3.8) is 0 Å². The molecule has 8 nitrogen and oxygen atoms in total. The van der Waals surface area contributed by atoms with Crippen molar-refractivity contribution in [2.75, 3.05) is 36.5 Å². The average molecular weight is 407 g/mol. The zero-order valence-corrected chi connectivity index (χ0v) is 16.8. The molecule has 8 heteroatoms. The highest BCUT2D eigenvalue weighted by Crippen LogP contribution is 2.55. The van der Waals surface area contributed by atoms with E-state index in [9.17, 15) is 4.79 Å². The van der Waals surface area contributed by atoms with Gasteiger partial charge in [-0.2, -0.15) is 0 Å². The third-order valence-corrected chi connectivity index (χ3v) is 6.24. The monoisotopic (exact) mass is 407 g/mol. The number of morpholine rings is 1. The number of urea groups is 1. The molecule has 2 amide bonds. The van der Waals surface area contributed by atoms with Crippen LogP contribution in [0.2, 0.25) is 0 Å². The highest BCUT2D eigenvalue weighted by atomic mass is 16.5. The van der Waals surface area contributed by atoms with E-state index in [1.54, 1.807) is 0 Å². The maximum absolute atomic E-state index is 12.0. The van der Waals surface area contributed by atoms with E-state index in [2.05, 4.69) is 15.5 Å². The first-order valence-electron chi connectivity index (χ1n) is 10.8. The van der Waals surface area contributed by atoms with Crippen LogP contribution in [-0.2, 0) is 21.7 Å². The van der Waals surface area contributed by atoms with Crippen molar-refractivity contribution in [3.05, 3.63) is 35.5 Å². The number of nitrogens with zero attached hydrogens (tertiary/aromatic N) is 3. The molecule has 30 heavy (non-hydrogen) atoms. The van der Waals surface area contributed by atoms with Crippen LogP contribution in [0.3, 0.4) is 0 Å². The molecule has 3 fully saturated rings. The van der Waals surface area contributed by atoms with Crippen LogP contribution in [0.5, 0.6) is 0 Å². The number of hydrogen-bond donors (Lipinski definition) is 2. The summed E-state index contributed by atoms with van der Waals surface area (Å²) in [5.74, 6) is 1.69. The van der Waals surface area contributed by atoms with E-state index in [0.29, 0.717) is 31.7 Å². The molecule has 0 atom stereocenters. The molecular formula is C22H25N5O3. The summed E-state index contributed by atoms with van der Waals surface area (Å²) in [5, 5.41) is 5.82. The van der Waals surface area contributed by atoms with Gasteiger partial charge < -0.3 is 25.0 Å². The molecule has 2 aliphatic heterocycles. The lowest BCUT2D eigenvalue weighted by Crippen LogP contribution is -2.37. The van der Waals surface area contributed by atoms with E-state index in [1.165, 1.54) is 0 Å². The van der Waals surface area contributed by atoms with Gasteiger partial charge in [0.15, 0.2) is 5.82 Å². The lowest BCUT2D eigenvalue weighted by molar-refractivity contribution is 0.0423. The van der Waals surface area contributed by atoms with Crippen LogP contribution in [0.15, 0.2) is 24.3 Å². The summed E-state index contributed by atoms with van der Waals surface area (Å²) in [7, 11) is 0. The van der Waals surface area contributed by atoms with Gasteiger partial charge in [0.25, 0.3) is 0 Å². The Balaban J connectivity index is 1.30. The van der Waals surface area contributed by atoms with Gasteiger partial charge in [0.2, 0.25) is 0 Å². The lowest BCUT2D eigenvalue weighted by atomic mass is 10.1. The van der Waals surface area contributed by atoms with Gasteiger partial charge in [-0.3, -0.25) is 0 Å². The molecular weight excluding hydrogens is 382 g/mol. The van der Waals surface area contributed by atoms with Crippen LogP contribution in [0.25, 0.3) is 11.4 Å². The molecule has 0 unspecified atom stereocenters. The van der Waals surface area contributed by atoms with Crippen LogP contribution in [0, 0.1) is 0 Å². The number of aromatic nitrogens is 2. The molecule has 0 radical (unpaired) electrons. The van der Waals surface area contributed by atoms with E-state index in [0.717, 1.165) is 67.1 Å². The van der Waals surface area contributed by atoms with Crippen LogP contribution in [0.4, 0.5) is 16.3 Å². The summed E-state index contributed by atoms with van der Waals surface area (Å²) >= 11 is 0. The summed E-state index contributed by atoms with van der Waals surface area (Å²) in [5.41, 5.74) is 3.68. The number of hydrogen-bond acceptors (Lipinski definition) is 6. The third-order valence-electron chi connectivity index (χ3n) is 6.24. The normalized spacial score (nSPS) is 21.4. The standard InChI is InChI=1S/C22H25N5O3/c28-21(24-16-5-6-16)23-15-3-1-14(2-4-15)19-25-18-17(13-30-22(18)7-8-22)20(26-19)27-9-11-29-12-10-27/h1-4,16H,5-13H2,(H2,23,24,28). The Morgan fingerprint density at radius 3 is 2.57 bits per heavy atom. The lowest BCUT2D eigenvalue weighted by Gasteiger charge is -2.29. The second-order valence-electron chi connectivity index (χ2n) is 8.53. The first-order valence-corrected chi connectivity index (χ1v) is 10.8. The minimum absolute atomic E-state index is 0.151. The summed E-state index contributed by atoms with van der Waals surface area (Å²) in [4.78, 5) is 24.1. The molecule has 0 bridgehead atoms. The number of carbonyl (C=O) groups excluding carboxylic acids is 1. The molecule has 4 aliphatic rings. The first-order chi connectivity index (χ1) is 14.7. The maximum atomic E-state index is 12.0. The van der Waals surface area contributed by atoms with Crippen molar-refractivity contribution in [3.8, 4) is 11.4 Å². The van der Waals surface area contributed by atoms with E-state index >= 15 is 0 Å². The fraction of sp³-hybridized carbons (Fsp3) is 0.500. The Hall–Kier alpha value is -2.71. The quantitative estimate of drug-likeness (QED) is 0.810. The van der Waals surface area contributed by atoms with Gasteiger partial charge in [0.05, 0.1) is 25.5 Å². The van der Waals surface area contributed by atoms with Gasteiger partial charge in [-0.15, -0.1) is 0 Å². The Labute approximate surface area is 175 Å². The number of benzene rings is 1. The summed E-state index contributed by atoms with van der Waals surface area (Å²) in [6.07, 6.45) is 4.19. The van der Waals surface area contributed by atoms with E-state index in [1.807, 2.05) is 24.3 Å². The summed E-state index contributed by atoms with van der Waals surface area (Å²) < 4.78 is 11.7. The molecule has 6 rings (SSSR count). The number of rotatable bonds is 4. The number of amides is 2. The number of fused-ring (bicyclic) bond motifs is 2. The van der Waals surface area contributed by atoms with Gasteiger partial charge in [0.1, 0.15) is 11.4 Å². The Morgan fingerprint density at radius 1 is 1.10 bits per heavy atom. The van der Waals surface area contributed by atoms with E-state index in [-0.39, 0.29) is 11.6 Å². The first kappa shape index (κ1) is 18.1. The van der Waals surface area contributed by atoms with E-state index in [4.69, 9.17) is 19.4 Å². The van der Waals surface area contributed by atoms with Crippen molar-refractivity contribution < 1.29 is 14.3 Å². The second kappa shape index (κ2) is 6.92. The predicted molar refractivity (Wildman–Crippen MR) is 111 cm³/mol. The summed E-state index contributed by atoms with van der Waals surface area (Å²) in [6, 6.07) is 7.91. The van der Waals surface area contributed by atoms with Gasteiger partial charge in [-0.25, -0.2) is 14.8 Å². The van der Waals surface area contributed by atoms with Crippen LogP contribution < -0.4 is 15.5 Å². The largest absolute Gasteiger partial charge is 0.378 e. The number of anilines is 2. The highest BCUT2D eigenvalue weighted by molar-refractivity contribution is 5.89. The molecule has 1 spiro atoms. The van der Waals surface area contributed by atoms with Crippen LogP contribution >= 0.6 is 0 Å². The zero-order chi connectivity index (χ0) is 20.1. The van der Waals surface area contributed by atoms with Crippen molar-refractivity contribution in [2.24, 2.45) is 0 Å². The van der Waals surface area contributed by atoms with Crippen molar-refractivity contribution in [1.82, 2.24) is 15.3 Å². The topological polar surface area (TPSA) is 88.6 Å². The molecule has 2 aromatic rings. The zero-order valence-electron chi connectivity index (χ0n) is 16.8. The number of carbonyl (C=O) groups is 1. The smallest absolute Gasteiger partial charge is 0.319 e. The SMILES string of the molecule is O=C(Nc1ccc(-c2nc(N3CCOCC3)c3c(n2)C2(CC2)OC3)cc1)NC1CC1. The molecule has 3 heterocycles. The molecule has 1 aromatic heterocycles. The molecule has 1 aromatic carbocycles. The van der Waals surface area contributed by atoms with Crippen LogP contribution in [-0.4, -0.2) is 48.3 Å². The van der Waals surface area contributed by atoms with Gasteiger partial charge in [0, 0.05) is 35.9 Å². The summed E-state index contributed by atoms with van der Waals surface area (Å²) in [6.45, 7) is 3.66. The molecule has 2 N–H and O–H groups in total. The average Bonchev–Trinajstić information content (AvgIpc) is 3.69. The molecule has 2 aliphatic carbocycles. The minimum atomic E-state index is -0.198. The van der Waals surface area contributed by atoms with Crippen LogP contribution in [0.1, 0.15) is 36.9 Å². The van der Waals surface area contributed by atoms with Gasteiger partial charge in [-0.1, -0.05) is 0 Å². The fourth-order valence-electron chi connectivity index (χ4n) is 4.20. The van der Waals surface area contributed by atoms with Crippen molar-refractivity contribution in [2.45, 2.75) is 43.9 Å². The predicted octanol–water partition coefficient (Wildman–Crippen LogP) is 2.78. The Kier molecular flexibility index (Phi) is 4.17. The van der Waals surface area contributed by atoms with Crippen molar-refractivity contribution >= 4 is 17.5 Å². The molecule has 1 saturated heterocycles. The second-order valence-corrected chi connectivity index (χ2v) is 8.53. The van der Waals surface area contributed by atoms with Gasteiger partial charge in [-0.05, 0) is 49.9 Å². The van der Waals surface area contributed by atoms with Crippen molar-refractivity contribution in [1.29, 1.82) is 0 Å². The number of ether oxygens (including phenoxy) is 2. The maximum Gasteiger partial charge on any atom is 0.319 e. The number of nitrogens with one attached hydrogen (secondary N) is 2. The molecule has 156 valence electrons. The Bertz CT molecular complexity index is 979. The van der Waals surface area contributed by atoms with Gasteiger partial charge >= 0.3 is 6.03 Å². The Morgan fingerprint density at radius 2 is 1.87 bits per heavy atom. The minimum Gasteiger partial charge on any atom is -0.378 e.